The van der Waals surface area contributed by atoms with Gasteiger partial charge in [-0.2, -0.15) is 0 Å². The molecule has 0 aliphatic carbocycles. The normalized spacial score (nSPS) is 10.9. The van der Waals surface area contributed by atoms with Crippen molar-refractivity contribution in [2.24, 2.45) is 0 Å². The second-order valence-corrected chi connectivity index (χ2v) is 5.10. The summed E-state index contributed by atoms with van der Waals surface area (Å²) in [4.78, 5) is 3.45. The Morgan fingerprint density at radius 2 is 1.71 bits per heavy atom. The van der Waals surface area contributed by atoms with E-state index >= 15 is 0 Å². The predicted octanol–water partition coefficient (Wildman–Crippen LogP) is 4.52. The minimum atomic E-state index is 0.946. The number of aromatic amines is 1. The van der Waals surface area contributed by atoms with Crippen molar-refractivity contribution in [1.29, 1.82) is 0 Å². The maximum absolute atomic E-state index is 3.45. The lowest BCUT2D eigenvalue weighted by Crippen LogP contribution is -1.87. The summed E-state index contributed by atoms with van der Waals surface area (Å²) in [6.45, 7) is 0. The van der Waals surface area contributed by atoms with Crippen LogP contribution < -0.4 is 0 Å². The third-order valence-electron chi connectivity index (χ3n) is 2.89. The molecule has 3 aromatic rings. The zero-order valence-electron chi connectivity index (χ0n) is 9.28. The molecule has 1 nitrogen and oxygen atoms in total. The van der Waals surface area contributed by atoms with E-state index in [4.69, 9.17) is 0 Å². The van der Waals surface area contributed by atoms with Crippen LogP contribution in [0.15, 0.2) is 59.1 Å². The predicted molar refractivity (Wildman–Crippen MR) is 75.2 cm³/mol. The molecule has 0 bridgehead atoms. The average molecular weight is 286 g/mol. The topological polar surface area (TPSA) is 15.8 Å². The van der Waals surface area contributed by atoms with E-state index in [1.165, 1.54) is 22.2 Å². The summed E-state index contributed by atoms with van der Waals surface area (Å²) in [5.41, 5.74) is 3.79. The van der Waals surface area contributed by atoms with Crippen LogP contribution in [0, 0.1) is 0 Å². The standard InChI is InChI=1S/C15H12BrN/c16-13-7-5-11(6-8-13)9-14-10-12-3-1-2-4-15(12)17-14/h1-8,10,17H,9H2. The lowest BCUT2D eigenvalue weighted by Gasteiger charge is -1.99. The molecule has 0 unspecified atom stereocenters. The fraction of sp³-hybridized carbons (Fsp3) is 0.0667. The number of hydrogen-bond donors (Lipinski definition) is 1. The van der Waals surface area contributed by atoms with E-state index in [9.17, 15) is 0 Å². The first kappa shape index (κ1) is 10.6. The number of nitrogens with one attached hydrogen (secondary N) is 1. The van der Waals surface area contributed by atoms with Crippen LogP contribution in [0.4, 0.5) is 0 Å². The maximum Gasteiger partial charge on any atom is 0.0456 e. The third-order valence-corrected chi connectivity index (χ3v) is 3.42. The van der Waals surface area contributed by atoms with Crippen molar-refractivity contribution in [3.63, 3.8) is 0 Å². The van der Waals surface area contributed by atoms with Crippen molar-refractivity contribution in [2.45, 2.75) is 6.42 Å². The number of benzene rings is 2. The molecule has 0 amide bonds. The van der Waals surface area contributed by atoms with Crippen LogP contribution in [0.3, 0.4) is 0 Å². The van der Waals surface area contributed by atoms with Gasteiger partial charge in [0.1, 0.15) is 0 Å². The number of hydrogen-bond acceptors (Lipinski definition) is 0. The van der Waals surface area contributed by atoms with Gasteiger partial charge in [0.15, 0.2) is 0 Å². The van der Waals surface area contributed by atoms with Gasteiger partial charge >= 0.3 is 0 Å². The molecular weight excluding hydrogens is 274 g/mol. The van der Waals surface area contributed by atoms with E-state index in [0.717, 1.165) is 10.9 Å². The quantitative estimate of drug-likeness (QED) is 0.713. The lowest BCUT2D eigenvalue weighted by atomic mass is 10.1. The molecule has 0 atom stereocenters. The summed E-state index contributed by atoms with van der Waals surface area (Å²) >= 11 is 3.45. The smallest absolute Gasteiger partial charge is 0.0456 e. The number of fused-ring (bicyclic) bond motifs is 1. The molecule has 84 valence electrons. The largest absolute Gasteiger partial charge is 0.358 e. The van der Waals surface area contributed by atoms with E-state index in [1.54, 1.807) is 0 Å². The summed E-state index contributed by atoms with van der Waals surface area (Å²) in [5, 5.41) is 1.28. The molecule has 17 heavy (non-hydrogen) atoms. The first-order valence-corrected chi connectivity index (χ1v) is 6.42. The van der Waals surface area contributed by atoms with Crippen LogP contribution in [0.1, 0.15) is 11.3 Å². The minimum Gasteiger partial charge on any atom is -0.358 e. The van der Waals surface area contributed by atoms with Gasteiger partial charge in [0.25, 0.3) is 0 Å². The monoisotopic (exact) mass is 285 g/mol. The summed E-state index contributed by atoms with van der Waals surface area (Å²) in [6.07, 6.45) is 0.946. The van der Waals surface area contributed by atoms with Gasteiger partial charge in [0.2, 0.25) is 0 Å². The fourth-order valence-corrected chi connectivity index (χ4v) is 2.32. The number of para-hydroxylation sites is 1. The van der Waals surface area contributed by atoms with Gasteiger partial charge < -0.3 is 4.98 Å². The zero-order valence-corrected chi connectivity index (χ0v) is 10.9. The van der Waals surface area contributed by atoms with Gasteiger partial charge in [0.05, 0.1) is 0 Å². The van der Waals surface area contributed by atoms with Crippen molar-refractivity contribution in [3.8, 4) is 0 Å². The molecule has 0 saturated heterocycles. The van der Waals surface area contributed by atoms with Gasteiger partial charge in [-0.05, 0) is 35.2 Å². The Morgan fingerprint density at radius 1 is 0.941 bits per heavy atom. The van der Waals surface area contributed by atoms with Crippen LogP contribution in [-0.2, 0) is 6.42 Å². The van der Waals surface area contributed by atoms with Crippen molar-refractivity contribution in [3.05, 3.63) is 70.3 Å². The Labute approximate surface area is 109 Å². The van der Waals surface area contributed by atoms with Crippen molar-refractivity contribution < 1.29 is 0 Å². The Kier molecular flexibility index (Phi) is 2.73. The van der Waals surface area contributed by atoms with E-state index in [-0.39, 0.29) is 0 Å². The van der Waals surface area contributed by atoms with Crippen LogP contribution in [0.25, 0.3) is 10.9 Å². The van der Waals surface area contributed by atoms with Gasteiger partial charge in [-0.15, -0.1) is 0 Å². The highest BCUT2D eigenvalue weighted by atomic mass is 79.9. The van der Waals surface area contributed by atoms with Gasteiger partial charge in [-0.1, -0.05) is 46.3 Å². The third kappa shape index (κ3) is 2.27. The molecule has 0 aliphatic heterocycles. The molecule has 2 aromatic carbocycles. The maximum atomic E-state index is 3.45. The fourth-order valence-electron chi connectivity index (χ4n) is 2.05. The number of aromatic nitrogens is 1. The van der Waals surface area contributed by atoms with E-state index in [1.807, 2.05) is 0 Å². The van der Waals surface area contributed by atoms with E-state index in [0.29, 0.717) is 0 Å². The highest BCUT2D eigenvalue weighted by molar-refractivity contribution is 9.10. The van der Waals surface area contributed by atoms with E-state index < -0.39 is 0 Å². The summed E-state index contributed by atoms with van der Waals surface area (Å²) in [5.74, 6) is 0. The van der Waals surface area contributed by atoms with Gasteiger partial charge in [-0.25, -0.2) is 0 Å². The van der Waals surface area contributed by atoms with Crippen LogP contribution in [0.2, 0.25) is 0 Å². The molecule has 0 radical (unpaired) electrons. The highest BCUT2D eigenvalue weighted by Gasteiger charge is 2.01. The molecule has 3 rings (SSSR count). The first-order chi connectivity index (χ1) is 8.31. The number of rotatable bonds is 2. The molecule has 2 heteroatoms. The lowest BCUT2D eigenvalue weighted by molar-refractivity contribution is 1.12. The molecule has 0 spiro atoms. The second-order valence-electron chi connectivity index (χ2n) is 4.19. The van der Waals surface area contributed by atoms with Gasteiger partial charge in [-0.3, -0.25) is 0 Å². The molecule has 1 N–H and O–H groups in total. The second kappa shape index (κ2) is 4.38. The molecule has 1 aromatic heterocycles. The number of halogens is 1. The Morgan fingerprint density at radius 3 is 2.47 bits per heavy atom. The molecule has 0 fully saturated rings. The van der Waals surface area contributed by atoms with Crippen LogP contribution in [-0.4, -0.2) is 4.98 Å². The molecule has 0 aliphatic rings. The zero-order chi connectivity index (χ0) is 11.7. The summed E-state index contributed by atoms with van der Waals surface area (Å²) in [6, 6.07) is 19.1. The Bertz CT molecular complexity index is 604. The van der Waals surface area contributed by atoms with Crippen molar-refractivity contribution in [1.82, 2.24) is 4.98 Å². The Balaban J connectivity index is 1.92. The SMILES string of the molecule is Brc1ccc(Cc2cc3ccccc3[nH]2)cc1. The van der Waals surface area contributed by atoms with Crippen molar-refractivity contribution in [2.75, 3.05) is 0 Å². The summed E-state index contributed by atoms with van der Waals surface area (Å²) in [7, 11) is 0. The average Bonchev–Trinajstić information content (AvgIpc) is 2.74. The Hall–Kier alpha value is -1.54. The van der Waals surface area contributed by atoms with Gasteiger partial charge in [0, 0.05) is 22.1 Å². The molecule has 0 saturated carbocycles. The minimum absolute atomic E-state index is 0.946. The van der Waals surface area contributed by atoms with Crippen molar-refractivity contribution >= 4 is 26.8 Å². The van der Waals surface area contributed by atoms with Crippen LogP contribution in [0.5, 0.6) is 0 Å². The summed E-state index contributed by atoms with van der Waals surface area (Å²) < 4.78 is 1.12. The van der Waals surface area contributed by atoms with E-state index in [2.05, 4.69) is 75.5 Å². The number of H-pyrrole nitrogens is 1. The molecular formula is C15H12BrN. The first-order valence-electron chi connectivity index (χ1n) is 5.62. The van der Waals surface area contributed by atoms with Crippen LogP contribution >= 0.6 is 15.9 Å². The molecule has 1 heterocycles. The highest BCUT2D eigenvalue weighted by Crippen LogP contribution is 2.18.